The second-order valence-electron chi connectivity index (χ2n) is 2.74. The maximum absolute atomic E-state index is 4.13. The number of aromatic nitrogens is 1. The molecule has 2 nitrogen and oxygen atoms in total. The van der Waals surface area contributed by atoms with E-state index in [-0.39, 0.29) is 0 Å². The Morgan fingerprint density at radius 3 is 2.82 bits per heavy atom. The predicted octanol–water partition coefficient (Wildman–Crippen LogP) is 1.67. The molecule has 0 saturated heterocycles. The average Bonchev–Trinajstić information content (AvgIpc) is 2.03. The zero-order valence-corrected chi connectivity index (χ0v) is 7.26. The molecule has 0 amide bonds. The molecule has 1 aromatic rings. The molecule has 0 aliphatic carbocycles. The van der Waals surface area contributed by atoms with E-state index < -0.39 is 0 Å². The van der Waals surface area contributed by atoms with Crippen molar-refractivity contribution in [2.45, 2.75) is 19.9 Å². The van der Waals surface area contributed by atoms with Crippen molar-refractivity contribution in [2.75, 3.05) is 7.05 Å². The Labute approximate surface area is 67.7 Å². The minimum atomic E-state index is 0.414. The first-order chi connectivity index (χ1) is 5.24. The fourth-order valence-corrected chi connectivity index (χ4v) is 1.00. The van der Waals surface area contributed by atoms with Crippen LogP contribution in [-0.4, -0.2) is 12.0 Å². The van der Waals surface area contributed by atoms with Crippen LogP contribution in [0.4, 0.5) is 0 Å². The van der Waals surface area contributed by atoms with Gasteiger partial charge in [0.25, 0.3) is 0 Å². The van der Waals surface area contributed by atoms with Crippen LogP contribution in [0.5, 0.6) is 0 Å². The second kappa shape index (κ2) is 3.49. The first kappa shape index (κ1) is 8.21. The van der Waals surface area contributed by atoms with Gasteiger partial charge in [0, 0.05) is 17.9 Å². The molecule has 0 saturated carbocycles. The summed E-state index contributed by atoms with van der Waals surface area (Å²) in [6.07, 6.45) is 1.85. The summed E-state index contributed by atoms with van der Waals surface area (Å²) in [6.45, 7) is 4.14. The molecule has 0 spiro atoms. The maximum atomic E-state index is 4.13. The Kier molecular flexibility index (Phi) is 2.60. The number of hydrogen-bond acceptors (Lipinski definition) is 2. The highest BCUT2D eigenvalue weighted by Gasteiger charge is 2.00. The van der Waals surface area contributed by atoms with Crippen molar-refractivity contribution in [2.24, 2.45) is 0 Å². The number of pyridine rings is 1. The van der Waals surface area contributed by atoms with Gasteiger partial charge in [-0.2, -0.15) is 0 Å². The summed E-state index contributed by atoms with van der Waals surface area (Å²) >= 11 is 0. The van der Waals surface area contributed by atoms with Crippen molar-refractivity contribution in [3.05, 3.63) is 29.6 Å². The predicted molar refractivity (Wildman–Crippen MR) is 46.4 cm³/mol. The van der Waals surface area contributed by atoms with Gasteiger partial charge in [0.1, 0.15) is 0 Å². The quantitative estimate of drug-likeness (QED) is 0.693. The van der Waals surface area contributed by atoms with E-state index in [0.717, 1.165) is 5.69 Å². The molecule has 0 fully saturated rings. The molecule has 0 aliphatic heterocycles. The topological polar surface area (TPSA) is 24.9 Å². The number of hydrogen-bond donors (Lipinski definition) is 1. The molecule has 11 heavy (non-hydrogen) atoms. The summed E-state index contributed by atoms with van der Waals surface area (Å²) < 4.78 is 0. The number of rotatable bonds is 2. The van der Waals surface area contributed by atoms with Crippen molar-refractivity contribution in [1.82, 2.24) is 10.3 Å². The van der Waals surface area contributed by atoms with Crippen LogP contribution in [0.1, 0.15) is 24.2 Å². The van der Waals surface area contributed by atoms with Gasteiger partial charge in [-0.05, 0) is 38.6 Å². The van der Waals surface area contributed by atoms with Gasteiger partial charge in [-0.1, -0.05) is 0 Å². The molecule has 2 heteroatoms. The lowest BCUT2D eigenvalue weighted by Gasteiger charge is -2.09. The van der Waals surface area contributed by atoms with E-state index in [4.69, 9.17) is 0 Å². The van der Waals surface area contributed by atoms with Crippen molar-refractivity contribution >= 4 is 0 Å². The van der Waals surface area contributed by atoms with Crippen LogP contribution >= 0.6 is 0 Å². The number of nitrogens with zero attached hydrogens (tertiary/aromatic N) is 1. The second-order valence-corrected chi connectivity index (χ2v) is 2.74. The molecule has 60 valence electrons. The average molecular weight is 150 g/mol. The van der Waals surface area contributed by atoms with Crippen molar-refractivity contribution in [1.29, 1.82) is 0 Å². The monoisotopic (exact) mass is 150 g/mol. The van der Waals surface area contributed by atoms with Crippen LogP contribution < -0.4 is 5.32 Å². The lowest BCUT2D eigenvalue weighted by Crippen LogP contribution is -2.12. The highest BCUT2D eigenvalue weighted by molar-refractivity contribution is 5.18. The van der Waals surface area contributed by atoms with Gasteiger partial charge >= 0.3 is 0 Å². The first-order valence-corrected chi connectivity index (χ1v) is 3.84. The summed E-state index contributed by atoms with van der Waals surface area (Å²) in [5.41, 5.74) is 2.37. The zero-order valence-electron chi connectivity index (χ0n) is 7.26. The van der Waals surface area contributed by atoms with Gasteiger partial charge in [0.15, 0.2) is 0 Å². The summed E-state index contributed by atoms with van der Waals surface area (Å²) in [5.74, 6) is 0. The summed E-state index contributed by atoms with van der Waals surface area (Å²) in [5, 5.41) is 3.18. The highest BCUT2D eigenvalue weighted by Crippen LogP contribution is 2.10. The van der Waals surface area contributed by atoms with Crippen molar-refractivity contribution in [3.63, 3.8) is 0 Å². The van der Waals surface area contributed by atoms with E-state index in [1.807, 2.05) is 26.2 Å². The molecule has 1 heterocycles. The summed E-state index contributed by atoms with van der Waals surface area (Å²) in [6, 6.07) is 4.55. The third-order valence-corrected chi connectivity index (χ3v) is 1.85. The Hall–Kier alpha value is -0.890. The molecule has 1 N–H and O–H groups in total. The van der Waals surface area contributed by atoms with Gasteiger partial charge in [-0.25, -0.2) is 0 Å². The summed E-state index contributed by atoms with van der Waals surface area (Å²) in [7, 11) is 1.96. The normalized spacial score (nSPS) is 13.0. The van der Waals surface area contributed by atoms with Gasteiger partial charge in [0.05, 0.1) is 0 Å². The lowest BCUT2D eigenvalue weighted by molar-refractivity contribution is 0.650. The molecule has 0 radical (unpaired) electrons. The minimum absolute atomic E-state index is 0.414. The van der Waals surface area contributed by atoms with E-state index in [0.29, 0.717) is 6.04 Å². The zero-order chi connectivity index (χ0) is 8.27. The molecule has 1 rings (SSSR count). The molecule has 1 aromatic heterocycles. The largest absolute Gasteiger partial charge is 0.313 e. The van der Waals surface area contributed by atoms with Crippen molar-refractivity contribution in [3.8, 4) is 0 Å². The van der Waals surface area contributed by atoms with Crippen LogP contribution in [0.2, 0.25) is 0 Å². The first-order valence-electron chi connectivity index (χ1n) is 3.84. The Balaban J connectivity index is 2.86. The molecule has 0 aromatic carbocycles. The van der Waals surface area contributed by atoms with Crippen LogP contribution in [0, 0.1) is 6.92 Å². The van der Waals surface area contributed by atoms with E-state index >= 15 is 0 Å². The molecule has 0 aliphatic rings. The third kappa shape index (κ3) is 2.02. The SMILES string of the molecule is CN[C@@H](C)c1ccnc(C)c1. The third-order valence-electron chi connectivity index (χ3n) is 1.85. The van der Waals surface area contributed by atoms with Crippen molar-refractivity contribution < 1.29 is 0 Å². The van der Waals surface area contributed by atoms with Gasteiger partial charge in [-0.3, -0.25) is 4.98 Å². The van der Waals surface area contributed by atoms with Crippen LogP contribution in [0.15, 0.2) is 18.3 Å². The van der Waals surface area contributed by atoms with E-state index in [1.165, 1.54) is 5.56 Å². The molecular formula is C9H14N2. The number of nitrogens with one attached hydrogen (secondary N) is 1. The Bertz CT molecular complexity index is 233. The fourth-order valence-electron chi connectivity index (χ4n) is 1.00. The smallest absolute Gasteiger partial charge is 0.0375 e. The van der Waals surface area contributed by atoms with Crippen LogP contribution in [0.25, 0.3) is 0 Å². The Morgan fingerprint density at radius 1 is 1.55 bits per heavy atom. The molecule has 1 atom stereocenters. The molecule has 0 bridgehead atoms. The minimum Gasteiger partial charge on any atom is -0.313 e. The van der Waals surface area contributed by atoms with Gasteiger partial charge in [0.2, 0.25) is 0 Å². The standard InChI is InChI=1S/C9H14N2/c1-7-6-9(4-5-11-7)8(2)10-3/h4-6,8,10H,1-3H3/t8-/m0/s1. The maximum Gasteiger partial charge on any atom is 0.0375 e. The summed E-state index contributed by atoms with van der Waals surface area (Å²) in [4.78, 5) is 4.13. The van der Waals surface area contributed by atoms with E-state index in [9.17, 15) is 0 Å². The van der Waals surface area contributed by atoms with Crippen LogP contribution in [0.3, 0.4) is 0 Å². The van der Waals surface area contributed by atoms with Crippen LogP contribution in [-0.2, 0) is 0 Å². The highest BCUT2D eigenvalue weighted by atomic mass is 14.9. The van der Waals surface area contributed by atoms with E-state index in [2.05, 4.69) is 23.3 Å². The number of aryl methyl sites for hydroxylation is 1. The van der Waals surface area contributed by atoms with Gasteiger partial charge < -0.3 is 5.32 Å². The Morgan fingerprint density at radius 2 is 2.27 bits per heavy atom. The van der Waals surface area contributed by atoms with E-state index in [1.54, 1.807) is 0 Å². The molecule has 0 unspecified atom stereocenters. The lowest BCUT2D eigenvalue weighted by atomic mass is 10.1. The van der Waals surface area contributed by atoms with Gasteiger partial charge in [-0.15, -0.1) is 0 Å². The fraction of sp³-hybridized carbons (Fsp3) is 0.444. The molecular weight excluding hydrogens is 136 g/mol.